The number of morpholine rings is 1. The second kappa shape index (κ2) is 6.08. The molecule has 5 heteroatoms. The van der Waals surface area contributed by atoms with Crippen LogP contribution in [0.3, 0.4) is 0 Å². The third-order valence-electron chi connectivity index (χ3n) is 3.99. The lowest BCUT2D eigenvalue weighted by molar-refractivity contribution is -0.0631. The average molecular weight is 283 g/mol. The molecular weight excluding hydrogens is 261 g/mol. The first kappa shape index (κ1) is 15.2. The summed E-state index contributed by atoms with van der Waals surface area (Å²) in [5, 5.41) is 10.6. The molecule has 1 aromatic rings. The molecule has 1 heterocycles. The van der Waals surface area contributed by atoms with E-state index in [0.29, 0.717) is 18.8 Å². The molecule has 0 radical (unpaired) electrons. The molecule has 0 amide bonds. The van der Waals surface area contributed by atoms with Gasteiger partial charge in [0.1, 0.15) is 0 Å². The van der Waals surface area contributed by atoms with E-state index in [0.717, 1.165) is 13.1 Å². The molecule has 0 bridgehead atoms. The van der Waals surface area contributed by atoms with Crippen molar-refractivity contribution in [3.8, 4) is 5.75 Å². The van der Waals surface area contributed by atoms with Crippen LogP contribution in [0.4, 0.5) is 4.39 Å². The molecule has 4 nitrogen and oxygen atoms in total. The minimum atomic E-state index is -0.777. The molecule has 1 aliphatic rings. The Balaban J connectivity index is 2.20. The summed E-state index contributed by atoms with van der Waals surface area (Å²) in [5.41, 5.74) is 0.0740. The normalized spacial score (nSPS) is 18.9. The predicted molar refractivity (Wildman–Crippen MR) is 74.4 cm³/mol. The van der Waals surface area contributed by atoms with Crippen molar-refractivity contribution in [1.29, 1.82) is 0 Å². The summed E-state index contributed by atoms with van der Waals surface area (Å²) in [7, 11) is 1.42. The van der Waals surface area contributed by atoms with Gasteiger partial charge in [-0.2, -0.15) is 0 Å². The zero-order chi connectivity index (χ0) is 14.8. The Morgan fingerprint density at radius 2 is 2.00 bits per heavy atom. The van der Waals surface area contributed by atoms with Gasteiger partial charge in [0.2, 0.25) is 0 Å². The van der Waals surface area contributed by atoms with Gasteiger partial charge in [0.05, 0.1) is 26.4 Å². The van der Waals surface area contributed by atoms with E-state index in [1.807, 2.05) is 13.8 Å². The van der Waals surface area contributed by atoms with Gasteiger partial charge in [0.15, 0.2) is 11.6 Å². The van der Waals surface area contributed by atoms with Gasteiger partial charge in [0.25, 0.3) is 0 Å². The lowest BCUT2D eigenvalue weighted by atomic mass is 9.89. The first-order valence-electron chi connectivity index (χ1n) is 6.81. The standard InChI is InChI=1S/C15H22FNO3/c1-15(2,17-6-8-20-9-7-17)14(18)11-4-5-13(19-3)12(16)10-11/h4-5,10,14,18H,6-9H2,1-3H3. The molecule has 2 rings (SSSR count). The molecule has 0 saturated carbocycles. The third kappa shape index (κ3) is 2.95. The maximum absolute atomic E-state index is 13.8. The number of benzene rings is 1. The molecule has 1 atom stereocenters. The summed E-state index contributed by atoms with van der Waals surface area (Å²) in [6.07, 6.45) is -0.777. The van der Waals surface area contributed by atoms with Crippen molar-refractivity contribution in [2.24, 2.45) is 0 Å². The van der Waals surface area contributed by atoms with Crippen molar-refractivity contribution in [3.63, 3.8) is 0 Å². The van der Waals surface area contributed by atoms with E-state index < -0.39 is 17.5 Å². The van der Waals surface area contributed by atoms with Gasteiger partial charge in [-0.25, -0.2) is 4.39 Å². The maximum Gasteiger partial charge on any atom is 0.165 e. The second-order valence-electron chi connectivity index (χ2n) is 5.55. The Labute approximate surface area is 119 Å². The van der Waals surface area contributed by atoms with E-state index in [9.17, 15) is 9.50 Å². The van der Waals surface area contributed by atoms with E-state index in [4.69, 9.17) is 9.47 Å². The van der Waals surface area contributed by atoms with Gasteiger partial charge >= 0.3 is 0 Å². The number of hydrogen-bond acceptors (Lipinski definition) is 4. The van der Waals surface area contributed by atoms with E-state index in [2.05, 4.69) is 4.90 Å². The number of ether oxygens (including phenoxy) is 2. The van der Waals surface area contributed by atoms with Crippen molar-refractivity contribution in [1.82, 2.24) is 4.90 Å². The highest BCUT2D eigenvalue weighted by Crippen LogP contribution is 2.33. The highest BCUT2D eigenvalue weighted by Gasteiger charge is 2.36. The fraction of sp³-hybridized carbons (Fsp3) is 0.600. The smallest absolute Gasteiger partial charge is 0.165 e. The van der Waals surface area contributed by atoms with Crippen LogP contribution in [0.5, 0.6) is 5.75 Å². The molecule has 0 spiro atoms. The molecule has 112 valence electrons. The highest BCUT2D eigenvalue weighted by molar-refractivity contribution is 5.31. The molecule has 1 unspecified atom stereocenters. The summed E-state index contributed by atoms with van der Waals surface area (Å²) in [5.74, 6) is -0.271. The van der Waals surface area contributed by atoms with Gasteiger partial charge in [-0.05, 0) is 31.5 Å². The van der Waals surface area contributed by atoms with Crippen LogP contribution in [0.2, 0.25) is 0 Å². The van der Waals surface area contributed by atoms with Crippen molar-refractivity contribution in [2.75, 3.05) is 33.4 Å². The largest absolute Gasteiger partial charge is 0.494 e. The Morgan fingerprint density at radius 1 is 1.35 bits per heavy atom. The molecule has 1 aromatic carbocycles. The summed E-state index contributed by atoms with van der Waals surface area (Å²) >= 11 is 0. The molecule has 0 aromatic heterocycles. The molecular formula is C15H22FNO3. The van der Waals surface area contributed by atoms with E-state index >= 15 is 0 Å². The fourth-order valence-corrected chi connectivity index (χ4v) is 2.57. The fourth-order valence-electron chi connectivity index (χ4n) is 2.57. The number of aliphatic hydroxyl groups excluding tert-OH is 1. The molecule has 1 saturated heterocycles. The summed E-state index contributed by atoms with van der Waals surface area (Å²) in [6.45, 7) is 6.78. The predicted octanol–water partition coefficient (Wildman–Crippen LogP) is 1.98. The number of nitrogens with zero attached hydrogens (tertiary/aromatic N) is 1. The highest BCUT2D eigenvalue weighted by atomic mass is 19.1. The van der Waals surface area contributed by atoms with Crippen LogP contribution in [0.15, 0.2) is 18.2 Å². The summed E-state index contributed by atoms with van der Waals surface area (Å²) in [4.78, 5) is 2.17. The number of halogens is 1. The molecule has 0 aliphatic carbocycles. The Kier molecular flexibility index (Phi) is 4.62. The van der Waals surface area contributed by atoms with Crippen LogP contribution in [0.25, 0.3) is 0 Å². The first-order valence-corrected chi connectivity index (χ1v) is 6.81. The second-order valence-corrected chi connectivity index (χ2v) is 5.55. The van der Waals surface area contributed by atoms with E-state index in [-0.39, 0.29) is 5.75 Å². The maximum atomic E-state index is 13.8. The average Bonchev–Trinajstić information content (AvgIpc) is 2.47. The van der Waals surface area contributed by atoms with Crippen LogP contribution in [0.1, 0.15) is 25.5 Å². The third-order valence-corrected chi connectivity index (χ3v) is 3.99. The van der Waals surface area contributed by atoms with E-state index in [1.165, 1.54) is 13.2 Å². The number of aliphatic hydroxyl groups is 1. The lowest BCUT2D eigenvalue weighted by Gasteiger charge is -2.43. The molecule has 1 aliphatic heterocycles. The van der Waals surface area contributed by atoms with Gasteiger partial charge in [-0.3, -0.25) is 4.90 Å². The van der Waals surface area contributed by atoms with Crippen molar-refractivity contribution in [2.45, 2.75) is 25.5 Å². The van der Waals surface area contributed by atoms with Crippen molar-refractivity contribution < 1.29 is 19.0 Å². The Bertz CT molecular complexity index is 458. The van der Waals surface area contributed by atoms with Crippen molar-refractivity contribution in [3.05, 3.63) is 29.6 Å². The summed E-state index contributed by atoms with van der Waals surface area (Å²) in [6, 6.07) is 4.59. The van der Waals surface area contributed by atoms with Crippen LogP contribution in [-0.2, 0) is 4.74 Å². The molecule has 20 heavy (non-hydrogen) atoms. The van der Waals surface area contributed by atoms with Gasteiger partial charge in [0, 0.05) is 18.6 Å². The van der Waals surface area contributed by atoms with Crippen LogP contribution >= 0.6 is 0 Å². The van der Waals surface area contributed by atoms with Gasteiger partial charge in [-0.15, -0.1) is 0 Å². The SMILES string of the molecule is COc1ccc(C(O)C(C)(C)N2CCOCC2)cc1F. The van der Waals surface area contributed by atoms with Gasteiger partial charge in [-0.1, -0.05) is 6.07 Å². The zero-order valence-electron chi connectivity index (χ0n) is 12.2. The molecule has 1 fully saturated rings. The first-order chi connectivity index (χ1) is 9.46. The van der Waals surface area contributed by atoms with Crippen LogP contribution in [-0.4, -0.2) is 49.0 Å². The minimum Gasteiger partial charge on any atom is -0.494 e. The number of methoxy groups -OCH3 is 1. The molecule has 1 N–H and O–H groups in total. The van der Waals surface area contributed by atoms with Crippen molar-refractivity contribution >= 4 is 0 Å². The quantitative estimate of drug-likeness (QED) is 0.917. The lowest BCUT2D eigenvalue weighted by Crippen LogP contribution is -2.53. The Morgan fingerprint density at radius 3 is 2.55 bits per heavy atom. The zero-order valence-corrected chi connectivity index (χ0v) is 12.2. The van der Waals surface area contributed by atoms with Crippen LogP contribution in [0, 0.1) is 5.82 Å². The van der Waals surface area contributed by atoms with E-state index in [1.54, 1.807) is 12.1 Å². The van der Waals surface area contributed by atoms with Gasteiger partial charge < -0.3 is 14.6 Å². The Hall–Kier alpha value is -1.17. The number of hydrogen-bond donors (Lipinski definition) is 1. The summed E-state index contributed by atoms with van der Waals surface area (Å²) < 4.78 is 24.0. The van der Waals surface area contributed by atoms with Crippen LogP contribution < -0.4 is 4.74 Å². The monoisotopic (exact) mass is 283 g/mol. The number of rotatable bonds is 4. The topological polar surface area (TPSA) is 41.9 Å². The minimum absolute atomic E-state index is 0.185.